The number of nitrogens with one attached hydrogen (secondary N) is 1. The maximum atomic E-state index is 13.1. The third-order valence-corrected chi connectivity index (χ3v) is 2.78. The predicted octanol–water partition coefficient (Wildman–Crippen LogP) is 2.36. The zero-order chi connectivity index (χ0) is 13.8. The molecule has 0 aliphatic carbocycles. The van der Waals surface area contributed by atoms with Crippen LogP contribution in [-0.4, -0.2) is 5.91 Å². The standard InChI is InChI=1S/C12H10BrFN2O3/c13-7-3-8(14)5-9(4-7)19-6-11-10(1-2-18-11)12(17)16-15/h1-5H,6,15H2,(H,16,17). The molecule has 0 unspecified atom stereocenters. The molecule has 0 saturated carbocycles. The molecule has 0 aliphatic heterocycles. The molecule has 2 aromatic rings. The highest BCUT2D eigenvalue weighted by atomic mass is 79.9. The maximum Gasteiger partial charge on any atom is 0.268 e. The highest BCUT2D eigenvalue weighted by molar-refractivity contribution is 9.10. The molecule has 1 amide bonds. The molecular formula is C12H10BrFN2O3. The summed E-state index contributed by atoms with van der Waals surface area (Å²) in [6, 6.07) is 5.63. The Balaban J connectivity index is 2.10. The molecule has 0 spiro atoms. The number of benzene rings is 1. The van der Waals surface area contributed by atoms with Gasteiger partial charge in [-0.25, -0.2) is 10.2 Å². The van der Waals surface area contributed by atoms with Gasteiger partial charge >= 0.3 is 0 Å². The summed E-state index contributed by atoms with van der Waals surface area (Å²) in [5.74, 6) is 4.77. The Bertz CT molecular complexity index is 580. The molecule has 0 fully saturated rings. The topological polar surface area (TPSA) is 77.5 Å². The lowest BCUT2D eigenvalue weighted by Gasteiger charge is -2.06. The summed E-state index contributed by atoms with van der Waals surface area (Å²) in [7, 11) is 0. The number of hydrazine groups is 1. The largest absolute Gasteiger partial charge is 0.485 e. The summed E-state index contributed by atoms with van der Waals surface area (Å²) in [5.41, 5.74) is 2.28. The van der Waals surface area contributed by atoms with Crippen molar-refractivity contribution >= 4 is 21.8 Å². The lowest BCUT2D eigenvalue weighted by Crippen LogP contribution is -2.30. The number of hydrogen-bond donors (Lipinski definition) is 2. The minimum atomic E-state index is -0.479. The number of amides is 1. The highest BCUT2D eigenvalue weighted by Gasteiger charge is 2.14. The van der Waals surface area contributed by atoms with E-state index in [9.17, 15) is 9.18 Å². The van der Waals surface area contributed by atoms with Crippen molar-refractivity contribution in [3.05, 3.63) is 52.1 Å². The molecule has 0 bridgehead atoms. The Kier molecular flexibility index (Phi) is 4.18. The van der Waals surface area contributed by atoms with E-state index in [4.69, 9.17) is 15.0 Å². The summed E-state index contributed by atoms with van der Waals surface area (Å²) >= 11 is 3.16. The zero-order valence-electron chi connectivity index (χ0n) is 9.65. The van der Waals surface area contributed by atoms with Crippen LogP contribution in [0.5, 0.6) is 5.75 Å². The molecule has 5 nitrogen and oxygen atoms in total. The summed E-state index contributed by atoms with van der Waals surface area (Å²) in [6.07, 6.45) is 1.35. The molecule has 1 heterocycles. The van der Waals surface area contributed by atoms with Crippen LogP contribution in [0, 0.1) is 5.82 Å². The molecule has 19 heavy (non-hydrogen) atoms. The van der Waals surface area contributed by atoms with Gasteiger partial charge in [0.05, 0.1) is 11.8 Å². The van der Waals surface area contributed by atoms with Gasteiger partial charge in [0.25, 0.3) is 5.91 Å². The normalized spacial score (nSPS) is 10.3. The fraction of sp³-hybridized carbons (Fsp3) is 0.0833. The molecule has 1 aromatic carbocycles. The van der Waals surface area contributed by atoms with E-state index in [2.05, 4.69) is 15.9 Å². The van der Waals surface area contributed by atoms with Crippen LogP contribution in [0.2, 0.25) is 0 Å². The predicted molar refractivity (Wildman–Crippen MR) is 68.8 cm³/mol. The number of nitrogen functional groups attached to an aromatic ring is 1. The number of furan rings is 1. The molecule has 7 heteroatoms. The minimum Gasteiger partial charge on any atom is -0.485 e. The minimum absolute atomic E-state index is 0.00829. The Morgan fingerprint density at radius 3 is 2.95 bits per heavy atom. The van der Waals surface area contributed by atoms with Crippen LogP contribution >= 0.6 is 15.9 Å². The first-order valence-corrected chi connectivity index (χ1v) is 6.05. The van der Waals surface area contributed by atoms with Gasteiger partial charge in [-0.3, -0.25) is 10.2 Å². The molecule has 1 aromatic heterocycles. The van der Waals surface area contributed by atoms with Gasteiger partial charge < -0.3 is 9.15 Å². The molecule has 0 aliphatic rings. The van der Waals surface area contributed by atoms with Gasteiger partial charge in [-0.05, 0) is 18.2 Å². The summed E-state index contributed by atoms with van der Waals surface area (Å²) in [6.45, 7) is -0.00829. The van der Waals surface area contributed by atoms with E-state index in [1.165, 1.54) is 24.5 Å². The average molecular weight is 329 g/mol. The van der Waals surface area contributed by atoms with Crippen molar-refractivity contribution in [1.29, 1.82) is 0 Å². The van der Waals surface area contributed by atoms with Crippen LogP contribution in [-0.2, 0) is 6.61 Å². The van der Waals surface area contributed by atoms with Crippen molar-refractivity contribution in [2.24, 2.45) is 5.84 Å². The first kappa shape index (κ1) is 13.6. The van der Waals surface area contributed by atoms with E-state index in [0.717, 1.165) is 0 Å². The smallest absolute Gasteiger partial charge is 0.268 e. The number of hydrogen-bond acceptors (Lipinski definition) is 4. The molecule has 3 N–H and O–H groups in total. The van der Waals surface area contributed by atoms with Crippen molar-refractivity contribution in [3.8, 4) is 5.75 Å². The van der Waals surface area contributed by atoms with Gasteiger partial charge in [0.1, 0.15) is 18.2 Å². The number of halogens is 2. The van der Waals surface area contributed by atoms with Crippen molar-refractivity contribution in [1.82, 2.24) is 5.43 Å². The van der Waals surface area contributed by atoms with Crippen LogP contribution in [0.1, 0.15) is 16.1 Å². The van der Waals surface area contributed by atoms with Gasteiger partial charge in [-0.2, -0.15) is 0 Å². The second-order valence-corrected chi connectivity index (χ2v) is 4.54. The fourth-order valence-corrected chi connectivity index (χ4v) is 1.94. The lowest BCUT2D eigenvalue weighted by molar-refractivity contribution is 0.0949. The van der Waals surface area contributed by atoms with Crippen molar-refractivity contribution < 1.29 is 18.3 Å². The van der Waals surface area contributed by atoms with Crippen LogP contribution < -0.4 is 16.0 Å². The molecule has 0 saturated heterocycles. The number of carbonyl (C=O) groups is 1. The quantitative estimate of drug-likeness (QED) is 0.513. The first-order valence-electron chi connectivity index (χ1n) is 5.26. The molecule has 2 rings (SSSR count). The van der Waals surface area contributed by atoms with Crippen LogP contribution in [0.15, 0.2) is 39.4 Å². The maximum absolute atomic E-state index is 13.1. The van der Waals surface area contributed by atoms with Gasteiger partial charge in [0, 0.05) is 10.5 Å². The van der Waals surface area contributed by atoms with Crippen molar-refractivity contribution in [2.75, 3.05) is 0 Å². The zero-order valence-corrected chi connectivity index (χ0v) is 11.2. The number of ether oxygens (including phenoxy) is 1. The summed E-state index contributed by atoms with van der Waals surface area (Å²) in [4.78, 5) is 11.4. The number of carbonyl (C=O) groups excluding carboxylic acids is 1. The first-order chi connectivity index (χ1) is 9.10. The van der Waals surface area contributed by atoms with Gasteiger partial charge in [-0.1, -0.05) is 15.9 Å². The molecular weight excluding hydrogens is 319 g/mol. The van der Waals surface area contributed by atoms with Gasteiger partial charge in [0.2, 0.25) is 0 Å². The monoisotopic (exact) mass is 328 g/mol. The third kappa shape index (κ3) is 3.33. The van der Waals surface area contributed by atoms with Crippen molar-refractivity contribution in [3.63, 3.8) is 0 Å². The molecule has 0 radical (unpaired) electrons. The second-order valence-electron chi connectivity index (χ2n) is 3.62. The van der Waals surface area contributed by atoms with E-state index in [-0.39, 0.29) is 12.2 Å². The number of rotatable bonds is 4. The van der Waals surface area contributed by atoms with E-state index in [1.807, 2.05) is 5.43 Å². The van der Waals surface area contributed by atoms with Crippen LogP contribution in [0.25, 0.3) is 0 Å². The summed E-state index contributed by atoms with van der Waals surface area (Å²) < 4.78 is 24.2. The third-order valence-electron chi connectivity index (χ3n) is 2.33. The van der Waals surface area contributed by atoms with E-state index in [0.29, 0.717) is 16.0 Å². The Hall–Kier alpha value is -1.86. The Morgan fingerprint density at radius 2 is 2.26 bits per heavy atom. The fourth-order valence-electron chi connectivity index (χ4n) is 1.49. The Morgan fingerprint density at radius 1 is 1.47 bits per heavy atom. The van der Waals surface area contributed by atoms with Gasteiger partial charge in [-0.15, -0.1) is 0 Å². The average Bonchev–Trinajstić information content (AvgIpc) is 2.82. The van der Waals surface area contributed by atoms with Gasteiger partial charge in [0.15, 0.2) is 5.76 Å². The van der Waals surface area contributed by atoms with E-state index in [1.54, 1.807) is 6.07 Å². The Labute approximate surface area is 116 Å². The van der Waals surface area contributed by atoms with E-state index >= 15 is 0 Å². The second kappa shape index (κ2) is 5.85. The van der Waals surface area contributed by atoms with E-state index < -0.39 is 11.7 Å². The summed E-state index contributed by atoms with van der Waals surface area (Å²) in [5, 5.41) is 0. The van der Waals surface area contributed by atoms with Crippen molar-refractivity contribution in [2.45, 2.75) is 6.61 Å². The number of nitrogens with two attached hydrogens (primary N) is 1. The lowest BCUT2D eigenvalue weighted by atomic mass is 10.2. The van der Waals surface area contributed by atoms with Crippen LogP contribution in [0.4, 0.5) is 4.39 Å². The molecule has 100 valence electrons. The molecule has 0 atom stereocenters. The van der Waals surface area contributed by atoms with Crippen LogP contribution in [0.3, 0.4) is 0 Å². The SMILES string of the molecule is NNC(=O)c1ccoc1COc1cc(F)cc(Br)c1. The highest BCUT2D eigenvalue weighted by Crippen LogP contribution is 2.22.